The highest BCUT2D eigenvalue weighted by Gasteiger charge is 2.69. The molecule has 39 heavy (non-hydrogen) atoms. The molecule has 5 rings (SSSR count). The van der Waals surface area contributed by atoms with Crippen LogP contribution in [0.2, 0.25) is 10.0 Å². The second kappa shape index (κ2) is 10.7. The van der Waals surface area contributed by atoms with E-state index in [9.17, 15) is 18.0 Å². The maximum atomic E-state index is 14.5. The summed E-state index contributed by atoms with van der Waals surface area (Å²) >= 11 is 12.7. The van der Waals surface area contributed by atoms with Crippen LogP contribution in [-0.4, -0.2) is 61.5 Å². The second-order valence-electron chi connectivity index (χ2n) is 11.1. The van der Waals surface area contributed by atoms with Gasteiger partial charge in [-0.2, -0.15) is 0 Å². The Labute approximate surface area is 240 Å². The van der Waals surface area contributed by atoms with E-state index in [0.717, 1.165) is 11.1 Å². The largest absolute Gasteiger partial charge is 0.469 e. The van der Waals surface area contributed by atoms with Gasteiger partial charge in [-0.05, 0) is 67.5 Å². The topological polar surface area (TPSA) is 84.0 Å². The molecule has 2 aromatic carbocycles. The van der Waals surface area contributed by atoms with Crippen LogP contribution in [0.1, 0.15) is 62.1 Å². The van der Waals surface area contributed by atoms with Crippen LogP contribution >= 0.6 is 23.2 Å². The molecular formula is C29H34Cl2N2O5S. The number of sulfonamides is 1. The average Bonchev–Trinajstić information content (AvgIpc) is 3.84. The van der Waals surface area contributed by atoms with Crippen molar-refractivity contribution in [2.24, 2.45) is 11.3 Å². The number of rotatable bonds is 9. The fourth-order valence-corrected chi connectivity index (χ4v) is 8.25. The predicted octanol–water partition coefficient (Wildman–Crippen LogP) is 5.43. The van der Waals surface area contributed by atoms with Crippen LogP contribution in [0.25, 0.3) is 0 Å². The minimum atomic E-state index is -3.44. The lowest BCUT2D eigenvalue weighted by atomic mass is 9.72. The molecule has 7 nitrogen and oxygen atoms in total. The SMILES string of the molecule is CCC(CN(C)S(=O)(=O)C1CC1)N1C(=O)[C@@]2(CC(c3cccc(Cl)c3)[C@H]1c1ccc(Cl)cc1)CC2C(=O)OC. The van der Waals surface area contributed by atoms with Crippen molar-refractivity contribution < 1.29 is 22.7 Å². The summed E-state index contributed by atoms with van der Waals surface area (Å²) in [6.07, 6.45) is 2.75. The van der Waals surface area contributed by atoms with E-state index in [1.807, 2.05) is 48.2 Å². The van der Waals surface area contributed by atoms with Crippen LogP contribution in [0.3, 0.4) is 0 Å². The molecule has 1 aliphatic heterocycles. The molecule has 1 saturated heterocycles. The number of carbonyl (C=O) groups is 2. The lowest BCUT2D eigenvalue weighted by molar-refractivity contribution is -0.155. The number of likely N-dealkylation sites (tertiary alicyclic amines) is 1. The van der Waals surface area contributed by atoms with Gasteiger partial charge in [0.25, 0.3) is 0 Å². The fraction of sp³-hybridized carbons (Fsp3) is 0.517. The minimum Gasteiger partial charge on any atom is -0.469 e. The van der Waals surface area contributed by atoms with Crippen LogP contribution in [0.4, 0.5) is 0 Å². The Morgan fingerprint density at radius 2 is 1.79 bits per heavy atom. The first-order valence-corrected chi connectivity index (χ1v) is 15.7. The van der Waals surface area contributed by atoms with Crippen molar-refractivity contribution in [3.05, 3.63) is 69.7 Å². The molecule has 3 fully saturated rings. The minimum absolute atomic E-state index is 0.125. The molecule has 0 radical (unpaired) electrons. The Morgan fingerprint density at radius 3 is 2.38 bits per heavy atom. The number of methoxy groups -OCH3 is 1. The van der Waals surface area contributed by atoms with Crippen LogP contribution < -0.4 is 0 Å². The maximum absolute atomic E-state index is 14.5. The van der Waals surface area contributed by atoms with Crippen LogP contribution in [0.15, 0.2) is 48.5 Å². The van der Waals surface area contributed by atoms with Gasteiger partial charge in [0.15, 0.2) is 0 Å². The highest BCUT2D eigenvalue weighted by Crippen LogP contribution is 2.65. The normalized spacial score (nSPS) is 27.6. The van der Waals surface area contributed by atoms with Crippen molar-refractivity contribution in [3.63, 3.8) is 0 Å². The summed E-state index contributed by atoms with van der Waals surface area (Å²) < 4.78 is 32.6. The van der Waals surface area contributed by atoms with Crippen LogP contribution in [-0.2, 0) is 24.3 Å². The van der Waals surface area contributed by atoms with Crippen LogP contribution in [0.5, 0.6) is 0 Å². The van der Waals surface area contributed by atoms with E-state index in [4.69, 9.17) is 27.9 Å². The fourth-order valence-electron chi connectivity index (χ4n) is 6.31. The zero-order valence-electron chi connectivity index (χ0n) is 22.3. The molecule has 2 aliphatic carbocycles. The van der Waals surface area contributed by atoms with Crippen molar-refractivity contribution >= 4 is 45.1 Å². The summed E-state index contributed by atoms with van der Waals surface area (Å²) in [6.45, 7) is 2.14. The van der Waals surface area contributed by atoms with Gasteiger partial charge in [0, 0.05) is 35.6 Å². The van der Waals surface area contributed by atoms with Gasteiger partial charge in [0.1, 0.15) is 0 Å². The first-order chi connectivity index (χ1) is 18.5. The van der Waals surface area contributed by atoms with Gasteiger partial charge in [0.2, 0.25) is 15.9 Å². The first kappa shape index (κ1) is 28.4. The Hall–Kier alpha value is -2.13. The quantitative estimate of drug-likeness (QED) is 0.362. The molecule has 2 saturated carbocycles. The van der Waals surface area contributed by atoms with Crippen LogP contribution in [0, 0.1) is 11.3 Å². The van der Waals surface area contributed by atoms with Gasteiger partial charge in [-0.25, -0.2) is 12.7 Å². The Kier molecular flexibility index (Phi) is 7.79. The van der Waals surface area contributed by atoms with Crippen molar-refractivity contribution in [2.75, 3.05) is 20.7 Å². The van der Waals surface area contributed by atoms with E-state index in [1.165, 1.54) is 11.4 Å². The summed E-state index contributed by atoms with van der Waals surface area (Å²) in [4.78, 5) is 29.1. The van der Waals surface area contributed by atoms with E-state index in [2.05, 4.69) is 0 Å². The molecule has 3 unspecified atom stereocenters. The molecule has 10 heteroatoms. The Balaban J connectivity index is 1.63. The standard InChI is InChI=1S/C29H34Cl2N2O5S/c1-4-22(17-32(2)39(36,37)23-12-13-23)33-26(18-8-10-20(30)11-9-18)24(19-6-5-7-21(31)14-19)15-29(28(33)35)16-25(29)27(34)38-3/h5-11,14,22-26H,4,12-13,15-17H2,1-3H3/t22?,24?,25?,26-,29+/m1/s1. The molecule has 1 spiro atoms. The predicted molar refractivity (Wildman–Crippen MR) is 151 cm³/mol. The number of amides is 1. The summed E-state index contributed by atoms with van der Waals surface area (Å²) in [5.41, 5.74) is 0.960. The molecule has 3 aliphatic rings. The number of piperidine rings is 1. The van der Waals surface area contributed by atoms with Crippen molar-refractivity contribution in [3.8, 4) is 0 Å². The molecular weight excluding hydrogens is 559 g/mol. The molecule has 2 aromatic rings. The van der Waals surface area contributed by atoms with Crippen molar-refractivity contribution in [1.82, 2.24) is 9.21 Å². The third kappa shape index (κ3) is 5.21. The molecule has 210 valence electrons. The van der Waals surface area contributed by atoms with Crippen molar-refractivity contribution in [2.45, 2.75) is 62.3 Å². The number of hydrogen-bond donors (Lipinski definition) is 0. The number of esters is 1. The first-order valence-electron chi connectivity index (χ1n) is 13.4. The van der Waals surface area contributed by atoms with Crippen molar-refractivity contribution in [1.29, 1.82) is 0 Å². The van der Waals surface area contributed by atoms with E-state index in [-0.39, 0.29) is 29.6 Å². The summed E-state index contributed by atoms with van der Waals surface area (Å²) in [6, 6.07) is 14.3. The summed E-state index contributed by atoms with van der Waals surface area (Å²) in [5, 5.41) is 0.822. The zero-order chi connectivity index (χ0) is 28.1. The molecule has 0 aromatic heterocycles. The lowest BCUT2D eigenvalue weighted by Crippen LogP contribution is -2.56. The Bertz CT molecular complexity index is 1360. The highest BCUT2D eigenvalue weighted by molar-refractivity contribution is 7.90. The number of benzene rings is 2. The van der Waals surface area contributed by atoms with E-state index in [0.29, 0.717) is 42.1 Å². The second-order valence-corrected chi connectivity index (χ2v) is 14.3. The van der Waals surface area contributed by atoms with Gasteiger partial charge in [-0.1, -0.05) is 54.4 Å². The third-order valence-corrected chi connectivity index (χ3v) is 11.5. The molecule has 5 atom stereocenters. The highest BCUT2D eigenvalue weighted by atomic mass is 35.5. The summed E-state index contributed by atoms with van der Waals surface area (Å²) in [7, 11) is -0.499. The van der Waals surface area contributed by atoms with Gasteiger partial charge in [-0.15, -0.1) is 0 Å². The maximum Gasteiger partial charge on any atom is 0.309 e. The smallest absolute Gasteiger partial charge is 0.309 e. The molecule has 1 amide bonds. The lowest BCUT2D eigenvalue weighted by Gasteiger charge is -2.49. The zero-order valence-corrected chi connectivity index (χ0v) is 24.7. The van der Waals surface area contributed by atoms with Gasteiger partial charge in [0.05, 0.1) is 29.7 Å². The van der Waals surface area contributed by atoms with Gasteiger partial charge < -0.3 is 9.64 Å². The average molecular weight is 594 g/mol. The number of halogens is 2. The monoisotopic (exact) mass is 592 g/mol. The van der Waals surface area contributed by atoms with Gasteiger partial charge >= 0.3 is 5.97 Å². The van der Waals surface area contributed by atoms with Gasteiger partial charge in [-0.3, -0.25) is 9.59 Å². The number of nitrogens with zero attached hydrogens (tertiary/aromatic N) is 2. The number of likely N-dealkylation sites (N-methyl/N-ethyl adjacent to an activating group) is 1. The van der Waals surface area contributed by atoms with E-state index in [1.54, 1.807) is 19.2 Å². The van der Waals surface area contributed by atoms with E-state index >= 15 is 0 Å². The molecule has 0 N–H and O–H groups in total. The number of ether oxygens (including phenoxy) is 1. The summed E-state index contributed by atoms with van der Waals surface area (Å²) in [5.74, 6) is -1.23. The molecule has 0 bridgehead atoms. The Morgan fingerprint density at radius 1 is 1.10 bits per heavy atom. The third-order valence-electron chi connectivity index (χ3n) is 8.69. The number of carbonyl (C=O) groups excluding carboxylic acids is 2. The number of hydrogen-bond acceptors (Lipinski definition) is 5. The van der Waals surface area contributed by atoms with E-state index < -0.39 is 33.4 Å². The molecule has 1 heterocycles.